The monoisotopic (exact) mass is 690 g/mol. The van der Waals surface area contributed by atoms with E-state index in [2.05, 4.69) is 31.2 Å². The van der Waals surface area contributed by atoms with E-state index in [0.29, 0.717) is 119 Å². The molecular formula is C34H36Cl2N8O4. The second-order valence-electron chi connectivity index (χ2n) is 11.8. The molecule has 4 heterocycles. The van der Waals surface area contributed by atoms with Gasteiger partial charge in [0.25, 0.3) is 0 Å². The lowest BCUT2D eigenvalue weighted by Crippen LogP contribution is -2.24. The average Bonchev–Trinajstić information content (AvgIpc) is 3.72. The van der Waals surface area contributed by atoms with E-state index in [-0.39, 0.29) is 23.7 Å². The highest BCUT2D eigenvalue weighted by Gasteiger charge is 2.23. The van der Waals surface area contributed by atoms with E-state index in [4.69, 9.17) is 42.6 Å². The molecule has 48 heavy (non-hydrogen) atoms. The predicted octanol–water partition coefficient (Wildman–Crippen LogP) is 4.04. The number of aromatic nitrogens is 4. The third-order valence-corrected chi connectivity index (χ3v) is 9.24. The number of carbonyl (C=O) groups excluding carboxylic acids is 2. The number of nitrogens with zero attached hydrogens (tertiary/aromatic N) is 4. The molecule has 0 aliphatic carbocycles. The van der Waals surface area contributed by atoms with Crippen LogP contribution in [0.1, 0.15) is 24.2 Å². The zero-order valence-corrected chi connectivity index (χ0v) is 28.1. The number of hydrogen-bond acceptors (Lipinski definition) is 10. The number of carbonyl (C=O) groups is 2. The van der Waals surface area contributed by atoms with Gasteiger partial charge in [0.15, 0.2) is 0 Å². The fraction of sp³-hybridized carbons (Fsp3) is 0.353. The molecule has 2 aliphatic rings. The van der Waals surface area contributed by atoms with Crippen molar-refractivity contribution in [1.82, 2.24) is 41.2 Å². The molecule has 250 valence electrons. The second kappa shape index (κ2) is 15.2. The summed E-state index contributed by atoms with van der Waals surface area (Å²) in [5, 5.41) is 13.3. The number of nitrogens with one attached hydrogen (secondary N) is 4. The van der Waals surface area contributed by atoms with Gasteiger partial charge in [0, 0.05) is 74.4 Å². The number of amides is 2. The van der Waals surface area contributed by atoms with E-state index < -0.39 is 0 Å². The number of hydrogen-bond donors (Lipinski definition) is 4. The van der Waals surface area contributed by atoms with Gasteiger partial charge in [-0.1, -0.05) is 59.6 Å². The van der Waals surface area contributed by atoms with Gasteiger partial charge in [-0.05, 0) is 11.8 Å². The first-order valence-corrected chi connectivity index (χ1v) is 16.4. The van der Waals surface area contributed by atoms with Gasteiger partial charge in [-0.15, -0.1) is 0 Å². The minimum absolute atomic E-state index is 0.0800. The molecule has 0 unspecified atom stereocenters. The molecule has 0 spiro atoms. The Balaban J connectivity index is 1.20. The zero-order valence-electron chi connectivity index (χ0n) is 26.6. The first-order valence-electron chi connectivity index (χ1n) is 15.7. The first-order chi connectivity index (χ1) is 23.3. The molecule has 2 aliphatic heterocycles. The van der Waals surface area contributed by atoms with Crippen LogP contribution < -0.4 is 30.7 Å². The maximum Gasteiger partial charge on any atom is 0.237 e. The van der Waals surface area contributed by atoms with Crippen LogP contribution >= 0.6 is 23.2 Å². The Labute approximate surface area is 288 Å². The van der Waals surface area contributed by atoms with Gasteiger partial charge in [0.2, 0.25) is 23.6 Å². The van der Waals surface area contributed by atoms with Crippen LogP contribution in [-0.2, 0) is 22.7 Å². The van der Waals surface area contributed by atoms with Gasteiger partial charge < -0.3 is 30.7 Å². The minimum atomic E-state index is 0.0800. The van der Waals surface area contributed by atoms with E-state index in [1.807, 2.05) is 36.4 Å². The number of benzene rings is 2. The number of halogens is 2. The van der Waals surface area contributed by atoms with Crippen molar-refractivity contribution in [3.8, 4) is 45.4 Å². The lowest BCUT2D eigenvalue weighted by molar-refractivity contribution is -0.120. The third-order valence-electron chi connectivity index (χ3n) is 8.42. The number of methoxy groups -OCH3 is 2. The smallest absolute Gasteiger partial charge is 0.237 e. The summed E-state index contributed by atoms with van der Waals surface area (Å²) in [7, 11) is 3.11. The predicted molar refractivity (Wildman–Crippen MR) is 183 cm³/mol. The van der Waals surface area contributed by atoms with Crippen molar-refractivity contribution >= 4 is 35.0 Å². The molecule has 0 saturated carbocycles. The van der Waals surface area contributed by atoms with Gasteiger partial charge in [0.05, 0.1) is 48.0 Å². The Bertz CT molecular complexity index is 1690. The lowest BCUT2D eigenvalue weighted by atomic mass is 9.98. The highest BCUT2D eigenvalue weighted by atomic mass is 35.5. The lowest BCUT2D eigenvalue weighted by Gasteiger charge is -2.15. The maximum absolute atomic E-state index is 11.5. The summed E-state index contributed by atoms with van der Waals surface area (Å²) in [6.07, 6.45) is 4.38. The SMILES string of the molecule is COc1nc(-c2cccc(-c3cccc(-c4cnc(CNC[C@H]5CNC(=O)C5)c(OC)n4)c3Cl)c2Cl)cnc1CNC[C@H]1CNC(=O)C1. The summed E-state index contributed by atoms with van der Waals surface area (Å²) in [4.78, 5) is 41.6. The molecule has 2 fully saturated rings. The van der Waals surface area contributed by atoms with E-state index >= 15 is 0 Å². The summed E-state index contributed by atoms with van der Waals surface area (Å²) in [5.41, 5.74) is 5.19. The molecule has 12 nitrogen and oxygen atoms in total. The van der Waals surface area contributed by atoms with Crippen LogP contribution in [-0.4, -0.2) is 72.1 Å². The summed E-state index contributed by atoms with van der Waals surface area (Å²) < 4.78 is 11.2. The van der Waals surface area contributed by atoms with Crippen LogP contribution in [0.4, 0.5) is 0 Å². The number of rotatable bonds is 13. The van der Waals surface area contributed by atoms with Gasteiger partial charge >= 0.3 is 0 Å². The fourth-order valence-electron chi connectivity index (χ4n) is 5.91. The highest BCUT2D eigenvalue weighted by Crippen LogP contribution is 2.42. The van der Waals surface area contributed by atoms with Crippen LogP contribution in [0.3, 0.4) is 0 Å². The molecule has 2 amide bonds. The van der Waals surface area contributed by atoms with Gasteiger partial charge in [-0.2, -0.15) is 0 Å². The molecule has 2 atom stereocenters. The van der Waals surface area contributed by atoms with Crippen molar-refractivity contribution in [3.05, 3.63) is 70.2 Å². The van der Waals surface area contributed by atoms with Crippen molar-refractivity contribution in [2.45, 2.75) is 25.9 Å². The Morgan fingerprint density at radius 3 is 1.50 bits per heavy atom. The van der Waals surface area contributed by atoms with Crippen LogP contribution in [0.25, 0.3) is 33.6 Å². The van der Waals surface area contributed by atoms with Crippen LogP contribution in [0, 0.1) is 11.8 Å². The molecule has 2 aromatic heterocycles. The van der Waals surface area contributed by atoms with Crippen molar-refractivity contribution in [2.75, 3.05) is 40.4 Å². The number of ether oxygens (including phenoxy) is 2. The molecule has 0 radical (unpaired) electrons. The van der Waals surface area contributed by atoms with E-state index in [9.17, 15) is 9.59 Å². The quantitative estimate of drug-likeness (QED) is 0.162. The van der Waals surface area contributed by atoms with Crippen LogP contribution in [0.5, 0.6) is 11.8 Å². The van der Waals surface area contributed by atoms with Crippen molar-refractivity contribution in [2.24, 2.45) is 11.8 Å². The standard InChI is InChI=1S/C34H36Cl2N8O4/c1-47-33-27(15-37-11-19-9-29(45)41-13-19)39-17-25(43-33)23-7-3-5-21(31(23)35)22-6-4-8-24(32(22)36)26-18-40-28(34(44-26)48-2)16-38-12-20-10-30(46)42-14-20/h3-8,17-20,37-38H,9-16H2,1-2H3,(H,41,45)(H,42,46)/t19-,20-/m0/s1. The Kier molecular flexibility index (Phi) is 10.7. The molecule has 14 heteroatoms. The average molecular weight is 692 g/mol. The van der Waals surface area contributed by atoms with Crippen LogP contribution in [0.2, 0.25) is 10.0 Å². The second-order valence-corrected chi connectivity index (χ2v) is 12.5. The summed E-state index contributed by atoms with van der Waals surface area (Å²) in [6.45, 7) is 3.60. The van der Waals surface area contributed by atoms with E-state index in [1.54, 1.807) is 26.6 Å². The van der Waals surface area contributed by atoms with E-state index in [0.717, 1.165) is 0 Å². The Morgan fingerprint density at radius 1 is 0.708 bits per heavy atom. The van der Waals surface area contributed by atoms with Crippen molar-refractivity contribution < 1.29 is 19.1 Å². The normalized spacial score (nSPS) is 17.3. The third kappa shape index (κ3) is 7.52. The van der Waals surface area contributed by atoms with Crippen molar-refractivity contribution in [1.29, 1.82) is 0 Å². The summed E-state index contributed by atoms with van der Waals surface area (Å²) in [6, 6.07) is 11.3. The van der Waals surface area contributed by atoms with Gasteiger partial charge in [0.1, 0.15) is 11.4 Å². The first kappa shape index (κ1) is 33.5. The van der Waals surface area contributed by atoms with Crippen LogP contribution in [0.15, 0.2) is 48.8 Å². The van der Waals surface area contributed by atoms with Crippen molar-refractivity contribution in [3.63, 3.8) is 0 Å². The molecular weight excluding hydrogens is 655 g/mol. The minimum Gasteiger partial charge on any atom is -0.480 e. The maximum atomic E-state index is 11.5. The summed E-state index contributed by atoms with van der Waals surface area (Å²) >= 11 is 14.1. The van der Waals surface area contributed by atoms with Gasteiger partial charge in [-0.3, -0.25) is 19.6 Å². The molecule has 2 saturated heterocycles. The van der Waals surface area contributed by atoms with Gasteiger partial charge in [-0.25, -0.2) is 9.97 Å². The Morgan fingerprint density at radius 2 is 1.12 bits per heavy atom. The zero-order chi connectivity index (χ0) is 33.6. The molecule has 0 bridgehead atoms. The largest absolute Gasteiger partial charge is 0.480 e. The summed E-state index contributed by atoms with van der Waals surface area (Å²) in [5.74, 6) is 1.43. The van der Waals surface area contributed by atoms with E-state index in [1.165, 1.54) is 0 Å². The molecule has 2 aromatic carbocycles. The Hall–Kier alpha value is -4.36. The fourth-order valence-corrected chi connectivity index (χ4v) is 6.56. The molecule has 6 rings (SSSR count). The molecule has 4 N–H and O–H groups in total. The topological polar surface area (TPSA) is 152 Å². The molecule has 4 aromatic rings. The highest BCUT2D eigenvalue weighted by molar-refractivity contribution is 6.39.